The number of non-ortho nitro benzene ring substituents is 1. The maximum atomic E-state index is 12.6. The van der Waals surface area contributed by atoms with Gasteiger partial charge in [-0.3, -0.25) is 24.5 Å². The molecule has 0 atom stereocenters. The lowest BCUT2D eigenvalue weighted by Gasteiger charge is -2.23. The number of hydrogen-bond acceptors (Lipinski definition) is 9. The summed E-state index contributed by atoms with van der Waals surface area (Å²) in [6, 6.07) is 10.9. The highest BCUT2D eigenvalue weighted by atomic mass is 32.2. The minimum Gasteiger partial charge on any atom is -0.497 e. The van der Waals surface area contributed by atoms with E-state index in [4.69, 9.17) is 4.74 Å². The molecule has 0 radical (unpaired) electrons. The fourth-order valence-electron chi connectivity index (χ4n) is 2.77. The lowest BCUT2D eigenvalue weighted by molar-refractivity contribution is -0.384. The van der Waals surface area contributed by atoms with Crippen molar-refractivity contribution < 1.29 is 22.9 Å². The molecule has 0 aliphatic heterocycles. The van der Waals surface area contributed by atoms with Gasteiger partial charge < -0.3 is 4.74 Å². The number of nitrogens with one attached hydrogen (secondary N) is 1. The number of aromatic nitrogens is 2. The fourth-order valence-corrected chi connectivity index (χ4v) is 4.45. The second-order valence-corrected chi connectivity index (χ2v) is 9.57. The summed E-state index contributed by atoms with van der Waals surface area (Å²) in [5, 5.41) is 22.3. The summed E-state index contributed by atoms with van der Waals surface area (Å²) in [5.74, 6) is 0.0165. The van der Waals surface area contributed by atoms with Crippen molar-refractivity contribution in [1.82, 2.24) is 10.2 Å². The van der Waals surface area contributed by atoms with Gasteiger partial charge in [0.25, 0.3) is 5.69 Å². The molecule has 0 aliphatic rings. The number of anilines is 2. The quantitative estimate of drug-likeness (QED) is 0.385. The Hall–Kier alpha value is -3.58. The van der Waals surface area contributed by atoms with Gasteiger partial charge in [0.15, 0.2) is 0 Å². The first kappa shape index (κ1) is 23.1. The standard InChI is InChI=1S/C19H19N5O6S2/c1-12-4-7-14(24(26)27)10-16(12)23(32(3,28)29)11-17(25)20-19-22-21-18(31-19)13-5-8-15(30-2)9-6-13/h4-10H,11H2,1-3H3,(H,20,22,25). The van der Waals surface area contributed by atoms with Crippen LogP contribution in [0.1, 0.15) is 5.56 Å². The average molecular weight is 478 g/mol. The number of rotatable bonds is 8. The molecule has 11 nitrogen and oxygen atoms in total. The third-order valence-corrected chi connectivity index (χ3v) is 6.38. The highest BCUT2D eigenvalue weighted by Gasteiger charge is 2.25. The van der Waals surface area contributed by atoms with Crippen LogP contribution < -0.4 is 14.4 Å². The molecule has 0 saturated carbocycles. The number of hydrogen-bond donors (Lipinski definition) is 1. The van der Waals surface area contributed by atoms with E-state index in [2.05, 4.69) is 15.5 Å². The van der Waals surface area contributed by atoms with Gasteiger partial charge in [0.1, 0.15) is 17.3 Å². The molecule has 1 amide bonds. The van der Waals surface area contributed by atoms with E-state index in [9.17, 15) is 23.3 Å². The zero-order valence-electron chi connectivity index (χ0n) is 17.3. The van der Waals surface area contributed by atoms with Crippen LogP contribution in [0.5, 0.6) is 5.75 Å². The maximum Gasteiger partial charge on any atom is 0.271 e. The van der Waals surface area contributed by atoms with Crippen LogP contribution >= 0.6 is 11.3 Å². The number of ether oxygens (including phenoxy) is 1. The molecule has 0 saturated heterocycles. The number of nitro benzene ring substituents is 1. The van der Waals surface area contributed by atoms with Gasteiger partial charge in [-0.25, -0.2) is 8.42 Å². The van der Waals surface area contributed by atoms with Crippen LogP contribution in [0.4, 0.5) is 16.5 Å². The molecule has 3 rings (SSSR count). The van der Waals surface area contributed by atoms with Gasteiger partial charge in [-0.15, -0.1) is 10.2 Å². The molecule has 0 fully saturated rings. The molecule has 32 heavy (non-hydrogen) atoms. The monoisotopic (exact) mass is 477 g/mol. The molecule has 0 unspecified atom stereocenters. The molecule has 1 aromatic heterocycles. The third-order valence-electron chi connectivity index (χ3n) is 4.37. The third kappa shape index (κ3) is 5.36. The molecular weight excluding hydrogens is 458 g/mol. The van der Waals surface area contributed by atoms with Gasteiger partial charge in [0.2, 0.25) is 21.1 Å². The summed E-state index contributed by atoms with van der Waals surface area (Å²) in [6.07, 6.45) is 0.922. The SMILES string of the molecule is COc1ccc(-c2nnc(NC(=O)CN(c3cc([N+](=O)[O-])ccc3C)S(C)(=O)=O)s2)cc1. The van der Waals surface area contributed by atoms with Crippen molar-refractivity contribution in [3.8, 4) is 16.3 Å². The van der Waals surface area contributed by atoms with Crippen LogP contribution in [-0.4, -0.2) is 49.4 Å². The second-order valence-electron chi connectivity index (χ2n) is 6.69. The highest BCUT2D eigenvalue weighted by Crippen LogP contribution is 2.29. The Balaban J connectivity index is 1.79. The topological polar surface area (TPSA) is 145 Å². The predicted molar refractivity (Wildman–Crippen MR) is 121 cm³/mol. The number of sulfonamides is 1. The van der Waals surface area contributed by atoms with Crippen LogP contribution in [0.3, 0.4) is 0 Å². The number of methoxy groups -OCH3 is 1. The summed E-state index contributed by atoms with van der Waals surface area (Å²) < 4.78 is 30.6. The van der Waals surface area contributed by atoms with Crippen LogP contribution in [-0.2, 0) is 14.8 Å². The zero-order chi connectivity index (χ0) is 23.5. The van der Waals surface area contributed by atoms with Crippen molar-refractivity contribution >= 4 is 43.8 Å². The zero-order valence-corrected chi connectivity index (χ0v) is 18.9. The molecule has 3 aromatic rings. The van der Waals surface area contributed by atoms with Crippen LogP contribution in [0.15, 0.2) is 42.5 Å². The van der Waals surface area contributed by atoms with E-state index in [1.54, 1.807) is 38.3 Å². The molecule has 168 valence electrons. The Morgan fingerprint density at radius 1 is 1.22 bits per heavy atom. The van der Waals surface area contributed by atoms with Crippen molar-refractivity contribution in [2.45, 2.75) is 6.92 Å². The number of amides is 1. The molecule has 0 spiro atoms. The van der Waals surface area contributed by atoms with Crippen molar-refractivity contribution in [1.29, 1.82) is 0 Å². The van der Waals surface area contributed by atoms with Crippen LogP contribution in [0, 0.1) is 17.0 Å². The van der Waals surface area contributed by atoms with Crippen LogP contribution in [0.2, 0.25) is 0 Å². The Morgan fingerprint density at radius 2 is 1.91 bits per heavy atom. The van der Waals surface area contributed by atoms with E-state index in [1.165, 1.54) is 12.1 Å². The van der Waals surface area contributed by atoms with Crippen molar-refractivity contribution in [3.63, 3.8) is 0 Å². The lowest BCUT2D eigenvalue weighted by atomic mass is 10.2. The first-order valence-corrected chi connectivity index (χ1v) is 11.8. The normalized spacial score (nSPS) is 11.1. The van der Waals surface area contributed by atoms with Gasteiger partial charge in [0.05, 0.1) is 24.0 Å². The van der Waals surface area contributed by atoms with E-state index < -0.39 is 27.4 Å². The Bertz CT molecular complexity index is 1260. The number of aryl methyl sites for hydroxylation is 1. The summed E-state index contributed by atoms with van der Waals surface area (Å²) in [5.41, 5.74) is 1.00. The minimum atomic E-state index is -3.91. The molecule has 13 heteroatoms. The van der Waals surface area contributed by atoms with Gasteiger partial charge in [-0.05, 0) is 36.8 Å². The fraction of sp³-hybridized carbons (Fsp3) is 0.211. The smallest absolute Gasteiger partial charge is 0.271 e. The molecule has 2 aromatic carbocycles. The second kappa shape index (κ2) is 9.28. The largest absolute Gasteiger partial charge is 0.497 e. The molecule has 0 aliphatic carbocycles. The Kier molecular flexibility index (Phi) is 6.69. The van der Waals surface area contributed by atoms with Gasteiger partial charge in [-0.1, -0.05) is 17.4 Å². The summed E-state index contributed by atoms with van der Waals surface area (Å²) in [4.78, 5) is 23.0. The predicted octanol–water partition coefficient (Wildman–Crippen LogP) is 2.84. The first-order valence-electron chi connectivity index (χ1n) is 9.09. The average Bonchev–Trinajstić information content (AvgIpc) is 3.20. The molecule has 1 N–H and O–H groups in total. The Labute approximate surface area is 187 Å². The first-order chi connectivity index (χ1) is 15.1. The van der Waals surface area contributed by atoms with E-state index in [1.807, 2.05) is 0 Å². The van der Waals surface area contributed by atoms with Crippen molar-refractivity contribution in [3.05, 3.63) is 58.1 Å². The van der Waals surface area contributed by atoms with E-state index in [-0.39, 0.29) is 16.5 Å². The van der Waals surface area contributed by atoms with E-state index in [0.29, 0.717) is 16.3 Å². The maximum absolute atomic E-state index is 12.6. The van der Waals surface area contributed by atoms with E-state index in [0.717, 1.165) is 33.5 Å². The van der Waals surface area contributed by atoms with Crippen molar-refractivity contribution in [2.75, 3.05) is 29.5 Å². The van der Waals surface area contributed by atoms with Crippen molar-refractivity contribution in [2.24, 2.45) is 0 Å². The lowest BCUT2D eigenvalue weighted by Crippen LogP contribution is -2.37. The minimum absolute atomic E-state index is 0.0491. The van der Waals surface area contributed by atoms with Crippen LogP contribution in [0.25, 0.3) is 10.6 Å². The summed E-state index contributed by atoms with van der Waals surface area (Å²) >= 11 is 1.12. The van der Waals surface area contributed by atoms with E-state index >= 15 is 0 Å². The van der Waals surface area contributed by atoms with Gasteiger partial charge in [0, 0.05) is 17.7 Å². The molecular formula is C19H19N5O6S2. The number of benzene rings is 2. The number of carbonyl (C=O) groups excluding carboxylic acids is 1. The number of carbonyl (C=O) groups is 1. The number of nitro groups is 1. The number of nitrogens with zero attached hydrogens (tertiary/aromatic N) is 4. The van der Waals surface area contributed by atoms with Gasteiger partial charge in [-0.2, -0.15) is 0 Å². The highest BCUT2D eigenvalue weighted by molar-refractivity contribution is 7.92. The summed E-state index contributed by atoms with van der Waals surface area (Å²) in [7, 11) is -2.35. The summed E-state index contributed by atoms with van der Waals surface area (Å²) in [6.45, 7) is 1.01. The Morgan fingerprint density at radius 3 is 2.50 bits per heavy atom. The van der Waals surface area contributed by atoms with Gasteiger partial charge >= 0.3 is 0 Å². The molecule has 0 bridgehead atoms. The molecule has 1 heterocycles.